The second kappa shape index (κ2) is 7.41. The van der Waals surface area contributed by atoms with Crippen LogP contribution >= 0.6 is 15.9 Å². The maximum Gasteiger partial charge on any atom is 0.239 e. The van der Waals surface area contributed by atoms with E-state index in [4.69, 9.17) is 5.84 Å². The topological polar surface area (TPSA) is 79.1 Å². The highest BCUT2D eigenvalue weighted by atomic mass is 79.9. The van der Waals surface area contributed by atoms with Gasteiger partial charge >= 0.3 is 0 Å². The van der Waals surface area contributed by atoms with Crippen molar-refractivity contribution in [2.24, 2.45) is 5.84 Å². The third-order valence-electron chi connectivity index (χ3n) is 2.20. The highest BCUT2D eigenvalue weighted by molar-refractivity contribution is 9.10. The van der Waals surface area contributed by atoms with E-state index in [1.54, 1.807) is 6.20 Å². The molecule has 0 saturated heterocycles. The van der Waals surface area contributed by atoms with Gasteiger partial charge in [0, 0.05) is 12.7 Å². The third kappa shape index (κ3) is 5.29. The molecular weight excluding hydrogens is 284 g/mol. The summed E-state index contributed by atoms with van der Waals surface area (Å²) in [6.45, 7) is 1.98. The third-order valence-corrected chi connectivity index (χ3v) is 2.78. The standard InChI is InChI=1S/C10H19BrN6/c1-17(2)6-4-3-5-13-9-8(11)7-14-10(15-9)16-12/h7H,3-6,12H2,1-2H3,(H2,13,14,15,16). The SMILES string of the molecule is CN(C)CCCCNc1nc(NN)ncc1Br. The minimum atomic E-state index is 0.406. The van der Waals surface area contributed by atoms with Gasteiger partial charge in [-0.1, -0.05) is 0 Å². The highest BCUT2D eigenvalue weighted by Gasteiger charge is 2.03. The summed E-state index contributed by atoms with van der Waals surface area (Å²) in [5.74, 6) is 6.42. The van der Waals surface area contributed by atoms with E-state index in [0.29, 0.717) is 5.95 Å². The molecule has 0 bridgehead atoms. The Hall–Kier alpha value is -0.920. The number of aromatic nitrogens is 2. The first kappa shape index (κ1) is 14.1. The molecular formula is C10H19BrN6. The smallest absolute Gasteiger partial charge is 0.239 e. The van der Waals surface area contributed by atoms with Gasteiger partial charge in [0.25, 0.3) is 0 Å². The largest absolute Gasteiger partial charge is 0.369 e. The van der Waals surface area contributed by atoms with E-state index in [9.17, 15) is 0 Å². The van der Waals surface area contributed by atoms with Gasteiger partial charge in [0.2, 0.25) is 5.95 Å². The summed E-state index contributed by atoms with van der Waals surface area (Å²) in [5.41, 5.74) is 2.42. The number of anilines is 2. The Morgan fingerprint density at radius 2 is 2.18 bits per heavy atom. The maximum absolute atomic E-state index is 5.25. The van der Waals surface area contributed by atoms with Crippen LogP contribution in [0, 0.1) is 0 Å². The van der Waals surface area contributed by atoms with Crippen LogP contribution in [0.5, 0.6) is 0 Å². The van der Waals surface area contributed by atoms with Gasteiger partial charge in [0.15, 0.2) is 0 Å². The lowest BCUT2D eigenvalue weighted by atomic mass is 10.3. The molecule has 1 aromatic rings. The minimum Gasteiger partial charge on any atom is -0.369 e. The van der Waals surface area contributed by atoms with Crippen LogP contribution in [0.2, 0.25) is 0 Å². The second-order valence-corrected chi connectivity index (χ2v) is 4.83. The second-order valence-electron chi connectivity index (χ2n) is 3.97. The van der Waals surface area contributed by atoms with Gasteiger partial charge in [-0.15, -0.1) is 0 Å². The molecule has 96 valence electrons. The molecule has 0 radical (unpaired) electrons. The molecule has 1 rings (SSSR count). The maximum atomic E-state index is 5.25. The summed E-state index contributed by atoms with van der Waals surface area (Å²) in [7, 11) is 4.15. The van der Waals surface area contributed by atoms with Crippen LogP contribution in [0.4, 0.5) is 11.8 Å². The number of hydrazine groups is 1. The van der Waals surface area contributed by atoms with Gasteiger partial charge in [-0.2, -0.15) is 4.98 Å². The van der Waals surface area contributed by atoms with Crippen LogP contribution in [0.15, 0.2) is 10.7 Å². The lowest BCUT2D eigenvalue weighted by molar-refractivity contribution is 0.396. The average Bonchev–Trinajstić information content (AvgIpc) is 2.30. The molecule has 0 fully saturated rings. The van der Waals surface area contributed by atoms with Gasteiger partial charge in [0.1, 0.15) is 5.82 Å². The molecule has 0 saturated carbocycles. The summed E-state index contributed by atoms with van der Waals surface area (Å²) in [5, 5.41) is 3.25. The molecule has 0 aliphatic heterocycles. The molecule has 0 amide bonds. The Morgan fingerprint density at radius 1 is 1.41 bits per heavy atom. The van der Waals surface area contributed by atoms with Crippen LogP contribution in [-0.4, -0.2) is 42.1 Å². The first-order valence-corrected chi connectivity index (χ1v) is 6.30. The zero-order chi connectivity index (χ0) is 12.7. The molecule has 7 heteroatoms. The number of hydrogen-bond acceptors (Lipinski definition) is 6. The fourth-order valence-electron chi connectivity index (χ4n) is 1.32. The van der Waals surface area contributed by atoms with E-state index in [2.05, 4.69) is 55.6 Å². The number of halogens is 1. The Balaban J connectivity index is 2.35. The molecule has 0 unspecified atom stereocenters. The molecule has 17 heavy (non-hydrogen) atoms. The van der Waals surface area contributed by atoms with E-state index in [1.165, 1.54) is 0 Å². The number of nitrogens with one attached hydrogen (secondary N) is 2. The lowest BCUT2D eigenvalue weighted by Gasteiger charge is -2.10. The van der Waals surface area contributed by atoms with Crippen molar-refractivity contribution in [1.29, 1.82) is 0 Å². The monoisotopic (exact) mass is 302 g/mol. The minimum absolute atomic E-state index is 0.406. The molecule has 1 heterocycles. The summed E-state index contributed by atoms with van der Waals surface area (Å²) in [4.78, 5) is 10.4. The van der Waals surface area contributed by atoms with Crippen molar-refractivity contribution in [3.63, 3.8) is 0 Å². The van der Waals surface area contributed by atoms with Crippen molar-refractivity contribution < 1.29 is 0 Å². The Morgan fingerprint density at radius 3 is 2.82 bits per heavy atom. The number of nitrogens with zero attached hydrogens (tertiary/aromatic N) is 3. The fraction of sp³-hybridized carbons (Fsp3) is 0.600. The van der Waals surface area contributed by atoms with Crippen molar-refractivity contribution >= 4 is 27.7 Å². The van der Waals surface area contributed by atoms with Crippen LogP contribution in [0.25, 0.3) is 0 Å². The molecule has 1 aromatic heterocycles. The number of rotatable bonds is 7. The molecule has 0 spiro atoms. The molecule has 6 nitrogen and oxygen atoms in total. The molecule has 0 aliphatic rings. The summed E-state index contributed by atoms with van der Waals surface area (Å²) in [6, 6.07) is 0. The van der Waals surface area contributed by atoms with E-state index < -0.39 is 0 Å². The van der Waals surface area contributed by atoms with E-state index in [0.717, 1.165) is 36.2 Å². The van der Waals surface area contributed by atoms with E-state index in [-0.39, 0.29) is 0 Å². The lowest BCUT2D eigenvalue weighted by Crippen LogP contribution is -2.15. The molecule has 0 atom stereocenters. The summed E-state index contributed by atoms with van der Waals surface area (Å²) < 4.78 is 0.837. The van der Waals surface area contributed by atoms with Crippen molar-refractivity contribution in [3.05, 3.63) is 10.7 Å². The zero-order valence-corrected chi connectivity index (χ0v) is 11.8. The van der Waals surface area contributed by atoms with Crippen molar-refractivity contribution in [2.75, 3.05) is 37.9 Å². The highest BCUT2D eigenvalue weighted by Crippen LogP contribution is 2.19. The van der Waals surface area contributed by atoms with Crippen molar-refractivity contribution in [2.45, 2.75) is 12.8 Å². The molecule has 4 N–H and O–H groups in total. The number of nitrogen functional groups attached to an aromatic ring is 1. The normalized spacial score (nSPS) is 10.6. The van der Waals surface area contributed by atoms with E-state index in [1.807, 2.05) is 0 Å². The predicted molar refractivity (Wildman–Crippen MR) is 73.8 cm³/mol. The van der Waals surface area contributed by atoms with Crippen LogP contribution in [0.1, 0.15) is 12.8 Å². The van der Waals surface area contributed by atoms with Gasteiger partial charge in [-0.3, -0.25) is 5.43 Å². The van der Waals surface area contributed by atoms with Crippen LogP contribution < -0.4 is 16.6 Å². The van der Waals surface area contributed by atoms with Gasteiger partial charge < -0.3 is 10.2 Å². The number of nitrogens with two attached hydrogens (primary N) is 1. The van der Waals surface area contributed by atoms with Crippen molar-refractivity contribution in [1.82, 2.24) is 14.9 Å². The molecule has 0 aromatic carbocycles. The van der Waals surface area contributed by atoms with Gasteiger partial charge in [-0.25, -0.2) is 10.8 Å². The Kier molecular flexibility index (Phi) is 6.17. The summed E-state index contributed by atoms with van der Waals surface area (Å²) in [6.07, 6.45) is 3.93. The number of unbranched alkanes of at least 4 members (excludes halogenated alkanes) is 1. The van der Waals surface area contributed by atoms with E-state index >= 15 is 0 Å². The molecule has 0 aliphatic carbocycles. The predicted octanol–water partition coefficient (Wildman–Crippen LogP) is 1.28. The van der Waals surface area contributed by atoms with Gasteiger partial charge in [-0.05, 0) is 49.4 Å². The summed E-state index contributed by atoms with van der Waals surface area (Å²) >= 11 is 3.39. The zero-order valence-electron chi connectivity index (χ0n) is 10.2. The Bertz CT molecular complexity index is 344. The number of hydrogen-bond donors (Lipinski definition) is 3. The van der Waals surface area contributed by atoms with Gasteiger partial charge in [0.05, 0.1) is 4.47 Å². The quantitative estimate of drug-likeness (QED) is 0.400. The fourth-order valence-corrected chi connectivity index (χ4v) is 1.65. The Labute approximate surface area is 110 Å². The van der Waals surface area contributed by atoms with Crippen LogP contribution in [0.3, 0.4) is 0 Å². The first-order valence-electron chi connectivity index (χ1n) is 5.51. The van der Waals surface area contributed by atoms with Crippen molar-refractivity contribution in [3.8, 4) is 0 Å². The first-order chi connectivity index (χ1) is 8.13. The average molecular weight is 303 g/mol. The van der Waals surface area contributed by atoms with Crippen LogP contribution in [-0.2, 0) is 0 Å².